The molecule has 0 bridgehead atoms. The van der Waals surface area contributed by atoms with Gasteiger partial charge in [0.1, 0.15) is 5.75 Å². The van der Waals surface area contributed by atoms with Crippen LogP contribution in [0.15, 0.2) is 24.3 Å². The first-order valence-corrected chi connectivity index (χ1v) is 7.18. The first-order chi connectivity index (χ1) is 9.99. The molecule has 0 aromatic heterocycles. The van der Waals surface area contributed by atoms with Crippen molar-refractivity contribution in [3.8, 4) is 5.75 Å². The van der Waals surface area contributed by atoms with Crippen LogP contribution < -0.4 is 4.74 Å². The van der Waals surface area contributed by atoms with E-state index in [1.54, 1.807) is 4.90 Å². The van der Waals surface area contributed by atoms with Crippen molar-refractivity contribution in [1.82, 2.24) is 4.90 Å². The van der Waals surface area contributed by atoms with E-state index in [1.807, 2.05) is 38.1 Å². The van der Waals surface area contributed by atoms with Crippen molar-refractivity contribution in [1.29, 1.82) is 0 Å². The molecular formula is C16H21NO4. The van der Waals surface area contributed by atoms with E-state index in [2.05, 4.69) is 0 Å². The molecule has 0 unspecified atom stereocenters. The summed E-state index contributed by atoms with van der Waals surface area (Å²) in [6, 6.07) is 7.66. The number of amides is 1. The second-order valence-electron chi connectivity index (χ2n) is 5.58. The zero-order valence-corrected chi connectivity index (χ0v) is 12.4. The number of benzene rings is 1. The number of carboxylic acids is 1. The number of likely N-dealkylation sites (tertiary alicyclic amines) is 1. The molecule has 1 heterocycles. The second kappa shape index (κ2) is 6.61. The summed E-state index contributed by atoms with van der Waals surface area (Å²) in [7, 11) is 0. The predicted molar refractivity (Wildman–Crippen MR) is 78.2 cm³/mol. The standard InChI is InChI=1S/C16H21NO4/c1-11-5-3-4-6-14(11)21-8-7-15(18)17-9-12(2)13(10-17)16(19)20/h3-6,12-13H,7-10H2,1-2H3,(H,19,20)/t12-,13-/m1/s1. The number of hydrogen-bond acceptors (Lipinski definition) is 3. The largest absolute Gasteiger partial charge is 0.493 e. The maximum absolute atomic E-state index is 12.1. The van der Waals surface area contributed by atoms with Gasteiger partial charge in [-0.05, 0) is 24.5 Å². The molecular weight excluding hydrogens is 270 g/mol. The lowest BCUT2D eigenvalue weighted by molar-refractivity contribution is -0.142. The number of ether oxygens (including phenoxy) is 1. The van der Waals surface area contributed by atoms with Crippen LogP contribution in [-0.4, -0.2) is 41.6 Å². The third kappa shape index (κ3) is 3.74. The number of carbonyl (C=O) groups is 2. The van der Waals surface area contributed by atoms with Gasteiger partial charge in [0.15, 0.2) is 0 Å². The first kappa shape index (κ1) is 15.4. The van der Waals surface area contributed by atoms with E-state index in [1.165, 1.54) is 0 Å². The summed E-state index contributed by atoms with van der Waals surface area (Å²) in [4.78, 5) is 24.8. The van der Waals surface area contributed by atoms with E-state index >= 15 is 0 Å². The Morgan fingerprint density at radius 1 is 1.33 bits per heavy atom. The molecule has 0 spiro atoms. The van der Waals surface area contributed by atoms with Crippen LogP contribution in [-0.2, 0) is 9.59 Å². The summed E-state index contributed by atoms with van der Waals surface area (Å²) in [5.41, 5.74) is 1.03. The molecule has 1 saturated heterocycles. The fourth-order valence-electron chi connectivity index (χ4n) is 2.62. The molecule has 1 amide bonds. The van der Waals surface area contributed by atoms with E-state index in [4.69, 9.17) is 9.84 Å². The third-order valence-corrected chi connectivity index (χ3v) is 3.95. The van der Waals surface area contributed by atoms with Gasteiger partial charge in [0.2, 0.25) is 5.91 Å². The Balaban J connectivity index is 1.81. The molecule has 1 aromatic rings. The molecule has 1 aliphatic heterocycles. The van der Waals surface area contributed by atoms with Crippen molar-refractivity contribution >= 4 is 11.9 Å². The zero-order chi connectivity index (χ0) is 15.4. The van der Waals surface area contributed by atoms with Crippen LogP contribution in [0.5, 0.6) is 5.75 Å². The van der Waals surface area contributed by atoms with Crippen LogP contribution in [0.1, 0.15) is 18.9 Å². The quantitative estimate of drug-likeness (QED) is 0.900. The van der Waals surface area contributed by atoms with E-state index in [-0.39, 0.29) is 18.2 Å². The number of aliphatic carboxylic acids is 1. The van der Waals surface area contributed by atoms with Gasteiger partial charge >= 0.3 is 5.97 Å². The molecule has 0 saturated carbocycles. The summed E-state index contributed by atoms with van der Waals surface area (Å²) in [6.07, 6.45) is 0.271. The summed E-state index contributed by atoms with van der Waals surface area (Å²) >= 11 is 0. The van der Waals surface area contributed by atoms with E-state index in [0.29, 0.717) is 19.7 Å². The number of para-hydroxylation sites is 1. The van der Waals surface area contributed by atoms with Crippen molar-refractivity contribution in [3.63, 3.8) is 0 Å². The van der Waals surface area contributed by atoms with Crippen molar-refractivity contribution in [3.05, 3.63) is 29.8 Å². The number of hydrogen-bond donors (Lipinski definition) is 1. The van der Waals surface area contributed by atoms with E-state index in [0.717, 1.165) is 11.3 Å². The minimum atomic E-state index is -0.825. The predicted octanol–water partition coefficient (Wildman–Crippen LogP) is 1.94. The molecule has 5 nitrogen and oxygen atoms in total. The number of carbonyl (C=O) groups excluding carboxylic acids is 1. The van der Waals surface area contributed by atoms with Gasteiger partial charge in [0, 0.05) is 13.1 Å². The van der Waals surface area contributed by atoms with Crippen LogP contribution in [0.4, 0.5) is 0 Å². The molecule has 2 atom stereocenters. The molecule has 1 aromatic carbocycles. The summed E-state index contributed by atoms with van der Waals surface area (Å²) in [5.74, 6) is -0.536. The summed E-state index contributed by atoms with van der Waals surface area (Å²) < 4.78 is 5.60. The molecule has 1 fully saturated rings. The van der Waals surface area contributed by atoms with Gasteiger partial charge in [-0.2, -0.15) is 0 Å². The minimum Gasteiger partial charge on any atom is -0.493 e. The van der Waals surface area contributed by atoms with E-state index < -0.39 is 11.9 Å². The van der Waals surface area contributed by atoms with Gasteiger partial charge in [0.05, 0.1) is 18.9 Å². The lowest BCUT2D eigenvalue weighted by Gasteiger charge is -2.16. The summed E-state index contributed by atoms with van der Waals surface area (Å²) in [5, 5.41) is 9.08. The van der Waals surface area contributed by atoms with Crippen LogP contribution >= 0.6 is 0 Å². The van der Waals surface area contributed by atoms with Crippen molar-refractivity contribution in [2.45, 2.75) is 20.3 Å². The highest BCUT2D eigenvalue weighted by atomic mass is 16.5. The zero-order valence-electron chi connectivity index (χ0n) is 12.4. The average molecular weight is 291 g/mol. The number of nitrogens with zero attached hydrogens (tertiary/aromatic N) is 1. The van der Waals surface area contributed by atoms with Crippen molar-refractivity contribution < 1.29 is 19.4 Å². The fraction of sp³-hybridized carbons (Fsp3) is 0.500. The monoisotopic (exact) mass is 291 g/mol. The van der Waals surface area contributed by atoms with Crippen LogP contribution in [0, 0.1) is 18.8 Å². The molecule has 114 valence electrons. The normalized spacial score (nSPS) is 21.3. The molecule has 21 heavy (non-hydrogen) atoms. The molecule has 1 aliphatic rings. The Morgan fingerprint density at radius 2 is 2.05 bits per heavy atom. The Morgan fingerprint density at radius 3 is 2.67 bits per heavy atom. The SMILES string of the molecule is Cc1ccccc1OCCC(=O)N1C[C@@H](C)[C@H](C(=O)O)C1. The highest BCUT2D eigenvalue weighted by molar-refractivity contribution is 5.79. The number of rotatable bonds is 5. The highest BCUT2D eigenvalue weighted by Gasteiger charge is 2.36. The van der Waals surface area contributed by atoms with Gasteiger partial charge in [-0.3, -0.25) is 9.59 Å². The smallest absolute Gasteiger partial charge is 0.308 e. The average Bonchev–Trinajstić information content (AvgIpc) is 2.83. The molecule has 2 rings (SSSR count). The van der Waals surface area contributed by atoms with Crippen LogP contribution in [0.2, 0.25) is 0 Å². The number of carboxylic acid groups (broad SMARTS) is 1. The molecule has 0 aliphatic carbocycles. The Kier molecular flexibility index (Phi) is 4.83. The van der Waals surface area contributed by atoms with Crippen molar-refractivity contribution in [2.24, 2.45) is 11.8 Å². The third-order valence-electron chi connectivity index (χ3n) is 3.95. The fourth-order valence-corrected chi connectivity index (χ4v) is 2.62. The Bertz CT molecular complexity index is 529. The minimum absolute atomic E-state index is 0.00346. The topological polar surface area (TPSA) is 66.8 Å². The maximum atomic E-state index is 12.1. The summed E-state index contributed by atoms with van der Waals surface area (Å²) in [6.45, 7) is 4.96. The lowest BCUT2D eigenvalue weighted by atomic mass is 9.99. The highest BCUT2D eigenvalue weighted by Crippen LogP contribution is 2.24. The van der Waals surface area contributed by atoms with Gasteiger partial charge < -0.3 is 14.7 Å². The molecule has 0 radical (unpaired) electrons. The first-order valence-electron chi connectivity index (χ1n) is 7.18. The Labute approximate surface area is 124 Å². The maximum Gasteiger partial charge on any atom is 0.308 e. The van der Waals surface area contributed by atoms with Crippen LogP contribution in [0.3, 0.4) is 0 Å². The van der Waals surface area contributed by atoms with Gasteiger partial charge in [0.25, 0.3) is 0 Å². The second-order valence-corrected chi connectivity index (χ2v) is 5.58. The number of aryl methyl sites for hydroxylation is 1. The van der Waals surface area contributed by atoms with Gasteiger partial charge in [-0.25, -0.2) is 0 Å². The van der Waals surface area contributed by atoms with Gasteiger partial charge in [-0.1, -0.05) is 25.1 Å². The van der Waals surface area contributed by atoms with Crippen molar-refractivity contribution in [2.75, 3.05) is 19.7 Å². The van der Waals surface area contributed by atoms with Gasteiger partial charge in [-0.15, -0.1) is 0 Å². The lowest BCUT2D eigenvalue weighted by Crippen LogP contribution is -2.30. The van der Waals surface area contributed by atoms with Crippen LogP contribution in [0.25, 0.3) is 0 Å². The molecule has 5 heteroatoms. The Hall–Kier alpha value is -2.04. The molecule has 1 N–H and O–H groups in total. The van der Waals surface area contributed by atoms with E-state index in [9.17, 15) is 9.59 Å².